The molecule has 1 aromatic rings. The molecular formula is C26H32N2O8. The maximum Gasteiger partial charge on any atom is 0.255 e. The number of primary amides is 1. The number of nitrogens with zero attached hydrogens (tertiary/aromatic N) is 1. The van der Waals surface area contributed by atoms with Crippen LogP contribution in [0.15, 0.2) is 35.1 Å². The number of fused-ring (bicyclic) bond motifs is 3. The molecule has 0 aliphatic heterocycles. The van der Waals surface area contributed by atoms with Gasteiger partial charge in [0.2, 0.25) is 5.78 Å². The molecule has 0 bridgehead atoms. The molecule has 4 rings (SSSR count). The second kappa shape index (κ2) is 9.02. The van der Waals surface area contributed by atoms with E-state index in [2.05, 4.69) is 0 Å². The second-order valence-electron chi connectivity index (χ2n) is 9.97. The monoisotopic (exact) mass is 500 g/mol. The molecule has 0 saturated heterocycles. The zero-order chi connectivity index (χ0) is 26.7. The number of hydrogen-bond acceptors (Lipinski definition) is 9. The molecule has 0 spiro atoms. The van der Waals surface area contributed by atoms with Gasteiger partial charge in [-0.1, -0.05) is 32.4 Å². The minimum atomic E-state index is -2.86. The first-order valence-electron chi connectivity index (χ1n) is 12.0. The highest BCUT2D eigenvalue weighted by molar-refractivity contribution is 6.24. The lowest BCUT2D eigenvalue weighted by molar-refractivity contribution is -0.169. The van der Waals surface area contributed by atoms with Crippen molar-refractivity contribution >= 4 is 23.2 Å². The maximum atomic E-state index is 14.0. The third-order valence-corrected chi connectivity index (χ3v) is 7.73. The highest BCUT2D eigenvalue weighted by Crippen LogP contribution is 2.56. The van der Waals surface area contributed by atoms with Gasteiger partial charge in [-0.05, 0) is 38.1 Å². The van der Waals surface area contributed by atoms with E-state index in [1.807, 2.05) is 6.92 Å². The van der Waals surface area contributed by atoms with Gasteiger partial charge in [0.25, 0.3) is 5.91 Å². The van der Waals surface area contributed by atoms with E-state index in [1.165, 1.54) is 19.0 Å². The first kappa shape index (κ1) is 25.9. The lowest BCUT2D eigenvalue weighted by Gasteiger charge is -2.53. The molecule has 10 heteroatoms. The van der Waals surface area contributed by atoms with Crippen molar-refractivity contribution in [1.29, 1.82) is 0 Å². The largest absolute Gasteiger partial charge is 0.508 e. The van der Waals surface area contributed by atoms with Crippen molar-refractivity contribution < 1.29 is 39.5 Å². The summed E-state index contributed by atoms with van der Waals surface area (Å²) in [6, 6.07) is 3.83. The molecule has 2 unspecified atom stereocenters. The minimum Gasteiger partial charge on any atom is -0.508 e. The fourth-order valence-corrected chi connectivity index (χ4v) is 6.01. The number of aliphatic hydroxyl groups is 4. The Morgan fingerprint density at radius 3 is 2.47 bits per heavy atom. The zero-order valence-corrected chi connectivity index (χ0v) is 20.7. The first-order chi connectivity index (χ1) is 16.9. The predicted molar refractivity (Wildman–Crippen MR) is 129 cm³/mol. The minimum absolute atomic E-state index is 0.268. The van der Waals surface area contributed by atoms with Crippen molar-refractivity contribution in [2.24, 2.45) is 17.6 Å². The number of carbonyl (C=O) groups excluding carboxylic acids is 3. The molecule has 6 N–H and O–H groups in total. The van der Waals surface area contributed by atoms with Gasteiger partial charge >= 0.3 is 0 Å². The number of likely N-dealkylation sites (N-methyl/N-ethyl adjacent to an activating group) is 1. The summed E-state index contributed by atoms with van der Waals surface area (Å²) in [5, 5.41) is 45.6. The summed E-state index contributed by atoms with van der Waals surface area (Å²) >= 11 is 0. The number of hydrogen-bond donors (Lipinski definition) is 5. The summed E-state index contributed by atoms with van der Waals surface area (Å²) < 4.78 is 5.87. The SMILES string of the molecule is CCCCOc1cccc2c1C(O)=C1C(=O)[C@]3(O)C(O)=C(C(N)=O)C(=O)C(N(C)C)[C@@H]3[C@@H](O)[C@@H]1C2C. The number of benzene rings is 1. The molecule has 1 fully saturated rings. The van der Waals surface area contributed by atoms with E-state index < -0.39 is 70.1 Å². The smallest absolute Gasteiger partial charge is 0.255 e. The summed E-state index contributed by atoms with van der Waals surface area (Å²) in [5.41, 5.74) is 2.18. The normalized spacial score (nSPS) is 31.8. The van der Waals surface area contributed by atoms with Crippen molar-refractivity contribution in [2.75, 3.05) is 20.7 Å². The summed E-state index contributed by atoms with van der Waals surface area (Å²) in [5.74, 6) is -7.71. The van der Waals surface area contributed by atoms with Crippen LogP contribution in [0.3, 0.4) is 0 Å². The van der Waals surface area contributed by atoms with Gasteiger partial charge in [-0.2, -0.15) is 0 Å². The van der Waals surface area contributed by atoms with Crippen LogP contribution in [-0.2, 0) is 14.4 Å². The molecule has 0 aromatic heterocycles. The maximum absolute atomic E-state index is 14.0. The van der Waals surface area contributed by atoms with Crippen LogP contribution in [0.25, 0.3) is 5.76 Å². The Balaban J connectivity index is 1.98. The van der Waals surface area contributed by atoms with E-state index in [0.717, 1.165) is 12.8 Å². The fraction of sp³-hybridized carbons (Fsp3) is 0.500. The number of Topliss-reactive ketones (excluding diaryl/α,β-unsaturated/α-hetero) is 2. The topological polar surface area (TPSA) is 171 Å². The van der Waals surface area contributed by atoms with Gasteiger partial charge in [-0.3, -0.25) is 19.3 Å². The molecular weight excluding hydrogens is 468 g/mol. The van der Waals surface area contributed by atoms with Crippen LogP contribution in [0.5, 0.6) is 5.75 Å². The molecule has 194 valence electrons. The van der Waals surface area contributed by atoms with Crippen molar-refractivity contribution in [2.45, 2.75) is 50.4 Å². The van der Waals surface area contributed by atoms with Gasteiger partial charge in [-0.25, -0.2) is 0 Å². The van der Waals surface area contributed by atoms with Crippen molar-refractivity contribution in [3.8, 4) is 5.75 Å². The summed E-state index contributed by atoms with van der Waals surface area (Å²) in [6.45, 7) is 4.16. The number of unbranched alkanes of at least 4 members (excludes halogenated alkanes) is 1. The predicted octanol–water partition coefficient (Wildman–Crippen LogP) is 0.969. The van der Waals surface area contributed by atoms with Crippen LogP contribution in [0.1, 0.15) is 43.7 Å². The Kier molecular flexibility index (Phi) is 6.48. The van der Waals surface area contributed by atoms with E-state index in [4.69, 9.17) is 10.5 Å². The van der Waals surface area contributed by atoms with E-state index >= 15 is 0 Å². The standard InChI is InChI=1S/C26H32N2O8/c1-5-6-10-36-13-9-7-8-12-11(2)14-16(20(29)15(12)13)23(32)26(35)18(21(14)30)19(28(3)4)22(31)17(24(26)33)25(27)34/h7-9,11,14,18-19,21,29-30,33,35H,5-6,10H2,1-4H3,(H2,27,34)/t11?,14-,18-,19?,21+,26+/m1/s1. The van der Waals surface area contributed by atoms with Gasteiger partial charge in [0, 0.05) is 11.5 Å². The summed E-state index contributed by atoms with van der Waals surface area (Å²) in [6.07, 6.45) is 0.108. The third kappa shape index (κ3) is 3.39. The van der Waals surface area contributed by atoms with E-state index in [1.54, 1.807) is 25.1 Å². The number of carbonyl (C=O) groups is 3. The number of ether oxygens (including phenoxy) is 1. The molecule has 1 saturated carbocycles. The number of aliphatic hydroxyl groups excluding tert-OH is 3. The molecule has 36 heavy (non-hydrogen) atoms. The Hall–Kier alpha value is -3.21. The Morgan fingerprint density at radius 2 is 1.89 bits per heavy atom. The van der Waals surface area contributed by atoms with Crippen LogP contribution in [-0.4, -0.2) is 81.2 Å². The second-order valence-corrected chi connectivity index (χ2v) is 9.97. The molecule has 3 aliphatic rings. The van der Waals surface area contributed by atoms with Crippen molar-refractivity contribution in [1.82, 2.24) is 4.90 Å². The molecule has 10 nitrogen and oxygen atoms in total. The Labute approximate surface area is 208 Å². The van der Waals surface area contributed by atoms with E-state index in [0.29, 0.717) is 17.9 Å². The van der Waals surface area contributed by atoms with Crippen LogP contribution in [0.4, 0.5) is 0 Å². The molecule has 3 aliphatic carbocycles. The number of amides is 1. The number of rotatable bonds is 6. The van der Waals surface area contributed by atoms with Crippen molar-refractivity contribution in [3.05, 3.63) is 46.2 Å². The molecule has 0 heterocycles. The zero-order valence-electron chi connectivity index (χ0n) is 20.7. The van der Waals surface area contributed by atoms with Crippen LogP contribution < -0.4 is 10.5 Å². The van der Waals surface area contributed by atoms with Crippen LogP contribution >= 0.6 is 0 Å². The van der Waals surface area contributed by atoms with Gasteiger partial charge in [0.15, 0.2) is 11.4 Å². The average Bonchev–Trinajstić information content (AvgIpc) is 2.81. The molecule has 0 radical (unpaired) electrons. The first-order valence-corrected chi connectivity index (χ1v) is 12.0. The average molecular weight is 501 g/mol. The third-order valence-electron chi connectivity index (χ3n) is 7.73. The van der Waals surface area contributed by atoms with Gasteiger partial charge in [-0.15, -0.1) is 0 Å². The summed E-state index contributed by atoms with van der Waals surface area (Å²) in [7, 11) is 2.98. The van der Waals surface area contributed by atoms with Crippen molar-refractivity contribution in [3.63, 3.8) is 0 Å². The van der Waals surface area contributed by atoms with Gasteiger partial charge < -0.3 is 30.9 Å². The summed E-state index contributed by atoms with van der Waals surface area (Å²) in [4.78, 5) is 40.6. The van der Waals surface area contributed by atoms with Gasteiger partial charge in [0.05, 0.1) is 30.2 Å². The quantitative estimate of drug-likeness (QED) is 0.282. The fourth-order valence-electron chi connectivity index (χ4n) is 6.01. The Morgan fingerprint density at radius 1 is 1.22 bits per heavy atom. The lowest BCUT2D eigenvalue weighted by atomic mass is 9.54. The number of ketones is 2. The number of nitrogens with two attached hydrogens (primary N) is 1. The molecule has 6 atom stereocenters. The highest BCUT2D eigenvalue weighted by atomic mass is 16.5. The highest BCUT2D eigenvalue weighted by Gasteiger charge is 2.68. The Bertz CT molecular complexity index is 1200. The lowest BCUT2D eigenvalue weighted by Crippen LogP contribution is -2.70. The van der Waals surface area contributed by atoms with E-state index in [-0.39, 0.29) is 11.1 Å². The van der Waals surface area contributed by atoms with Crippen LogP contribution in [0, 0.1) is 11.8 Å². The molecule has 1 amide bonds. The van der Waals surface area contributed by atoms with Gasteiger partial charge in [0.1, 0.15) is 22.8 Å². The van der Waals surface area contributed by atoms with Crippen LogP contribution in [0.2, 0.25) is 0 Å². The molecule has 1 aromatic carbocycles. The van der Waals surface area contributed by atoms with E-state index in [9.17, 15) is 34.8 Å².